The molecule has 0 amide bonds. The molecule has 0 bridgehead atoms. The standard InChI is InChI=1S/C9H12O2.C9H12.CH2Cl2/c1-7-3-8(2)5-9(4-7)6-11-10;1-7-4-8(2)6-9(3)5-7;2-1-3/h3-5,10H,6H2,1-2H3;4-6H,1-3H3;1H2. The molecule has 0 aliphatic heterocycles. The van der Waals surface area contributed by atoms with E-state index in [0.717, 1.165) is 5.56 Å². The Balaban J connectivity index is 0.000000365. The maximum absolute atomic E-state index is 8.20. The van der Waals surface area contributed by atoms with Gasteiger partial charge in [-0.3, -0.25) is 5.26 Å². The van der Waals surface area contributed by atoms with Gasteiger partial charge in [-0.05, 0) is 40.2 Å². The lowest BCUT2D eigenvalue weighted by Crippen LogP contribution is -1.89. The number of rotatable bonds is 2. The second-order valence-corrected chi connectivity index (χ2v) is 6.34. The summed E-state index contributed by atoms with van der Waals surface area (Å²) in [5.41, 5.74) is 7.45. The first kappa shape index (κ1) is 21.9. The number of halogens is 2. The lowest BCUT2D eigenvalue weighted by Gasteiger charge is -2.01. The van der Waals surface area contributed by atoms with E-state index in [9.17, 15) is 0 Å². The molecule has 23 heavy (non-hydrogen) atoms. The van der Waals surface area contributed by atoms with Crippen molar-refractivity contribution in [1.29, 1.82) is 0 Å². The van der Waals surface area contributed by atoms with E-state index in [-0.39, 0.29) is 11.9 Å². The van der Waals surface area contributed by atoms with Gasteiger partial charge in [0.25, 0.3) is 0 Å². The lowest BCUT2D eigenvalue weighted by atomic mass is 10.1. The summed E-state index contributed by atoms with van der Waals surface area (Å²) in [6.07, 6.45) is 0. The van der Waals surface area contributed by atoms with Crippen molar-refractivity contribution in [2.45, 2.75) is 41.2 Å². The van der Waals surface area contributed by atoms with Gasteiger partial charge in [0.15, 0.2) is 0 Å². The highest BCUT2D eigenvalue weighted by Gasteiger charge is 1.94. The summed E-state index contributed by atoms with van der Waals surface area (Å²) in [6.45, 7) is 10.7. The minimum atomic E-state index is 0.194. The zero-order chi connectivity index (χ0) is 17.8. The molecule has 2 aromatic carbocycles. The van der Waals surface area contributed by atoms with E-state index in [1.54, 1.807) is 0 Å². The summed E-state index contributed by atoms with van der Waals surface area (Å²) < 4.78 is 0. The average molecular weight is 357 g/mol. The number of aryl methyl sites for hydroxylation is 5. The van der Waals surface area contributed by atoms with E-state index in [1.807, 2.05) is 26.0 Å². The number of benzene rings is 2. The predicted octanol–water partition coefficient (Wildman–Crippen LogP) is 6.33. The first-order valence-electron chi connectivity index (χ1n) is 7.32. The minimum absolute atomic E-state index is 0.194. The number of hydrogen-bond acceptors (Lipinski definition) is 2. The Morgan fingerprint density at radius 2 is 0.957 bits per heavy atom. The Labute approximate surface area is 149 Å². The smallest absolute Gasteiger partial charge is 0.107 e. The Kier molecular flexibility index (Phi) is 11.8. The third-order valence-electron chi connectivity index (χ3n) is 2.88. The van der Waals surface area contributed by atoms with Gasteiger partial charge in [-0.25, -0.2) is 4.89 Å². The van der Waals surface area contributed by atoms with Crippen molar-refractivity contribution in [3.05, 3.63) is 69.8 Å². The molecule has 0 radical (unpaired) electrons. The van der Waals surface area contributed by atoms with Crippen molar-refractivity contribution in [3.63, 3.8) is 0 Å². The highest BCUT2D eigenvalue weighted by molar-refractivity contribution is 6.40. The second-order valence-electron chi connectivity index (χ2n) is 5.54. The van der Waals surface area contributed by atoms with Crippen LogP contribution in [0.15, 0.2) is 36.4 Å². The summed E-state index contributed by atoms with van der Waals surface area (Å²) in [7, 11) is 0. The summed E-state index contributed by atoms with van der Waals surface area (Å²) in [5.74, 6) is 0. The molecule has 0 spiro atoms. The lowest BCUT2D eigenvalue weighted by molar-refractivity contribution is -0.253. The predicted molar refractivity (Wildman–Crippen MR) is 101 cm³/mol. The summed E-state index contributed by atoms with van der Waals surface area (Å²) in [6, 6.07) is 12.6. The topological polar surface area (TPSA) is 29.5 Å². The van der Waals surface area contributed by atoms with Crippen molar-refractivity contribution >= 4 is 23.2 Å². The van der Waals surface area contributed by atoms with Crippen LogP contribution in [-0.4, -0.2) is 10.6 Å². The quantitative estimate of drug-likeness (QED) is 0.387. The van der Waals surface area contributed by atoms with Gasteiger partial charge in [-0.2, -0.15) is 0 Å². The molecule has 0 atom stereocenters. The van der Waals surface area contributed by atoms with Crippen LogP contribution >= 0.6 is 23.2 Å². The Morgan fingerprint density at radius 3 is 1.22 bits per heavy atom. The zero-order valence-electron chi connectivity index (χ0n) is 14.5. The Bertz CT molecular complexity index is 513. The van der Waals surface area contributed by atoms with Crippen LogP contribution in [0.25, 0.3) is 0 Å². The molecule has 0 aliphatic rings. The fraction of sp³-hybridized carbons (Fsp3) is 0.368. The number of hydrogen-bond donors (Lipinski definition) is 1. The minimum Gasteiger partial charge on any atom is -0.251 e. The van der Waals surface area contributed by atoms with Gasteiger partial charge >= 0.3 is 0 Å². The first-order chi connectivity index (χ1) is 10.8. The van der Waals surface area contributed by atoms with Crippen molar-refractivity contribution in [1.82, 2.24) is 0 Å². The van der Waals surface area contributed by atoms with Gasteiger partial charge in [0.1, 0.15) is 6.61 Å². The fourth-order valence-corrected chi connectivity index (χ4v) is 2.43. The van der Waals surface area contributed by atoms with E-state index < -0.39 is 0 Å². The molecular weight excluding hydrogens is 331 g/mol. The highest BCUT2D eigenvalue weighted by atomic mass is 35.5. The molecule has 1 N–H and O–H groups in total. The Hall–Kier alpha value is -1.06. The molecule has 0 saturated carbocycles. The molecule has 128 valence electrons. The van der Waals surface area contributed by atoms with Gasteiger partial charge in [0.2, 0.25) is 0 Å². The van der Waals surface area contributed by atoms with Gasteiger partial charge in [0.05, 0.1) is 5.34 Å². The van der Waals surface area contributed by atoms with Crippen LogP contribution in [0.3, 0.4) is 0 Å². The van der Waals surface area contributed by atoms with Crippen molar-refractivity contribution in [3.8, 4) is 0 Å². The monoisotopic (exact) mass is 356 g/mol. The van der Waals surface area contributed by atoms with Gasteiger partial charge in [-0.15, -0.1) is 23.2 Å². The molecule has 0 unspecified atom stereocenters. The second kappa shape index (κ2) is 12.4. The van der Waals surface area contributed by atoms with Crippen LogP contribution in [0, 0.1) is 34.6 Å². The molecule has 0 heterocycles. The first-order valence-corrected chi connectivity index (χ1v) is 8.39. The van der Waals surface area contributed by atoms with Gasteiger partial charge in [-0.1, -0.05) is 64.2 Å². The molecule has 0 aromatic heterocycles. The average Bonchev–Trinajstić information content (AvgIpc) is 2.37. The van der Waals surface area contributed by atoms with Crippen molar-refractivity contribution in [2.24, 2.45) is 0 Å². The van der Waals surface area contributed by atoms with E-state index in [2.05, 4.69) is 49.9 Å². The van der Waals surface area contributed by atoms with E-state index in [1.165, 1.54) is 27.8 Å². The normalized spacial score (nSPS) is 9.39. The highest BCUT2D eigenvalue weighted by Crippen LogP contribution is 2.09. The van der Waals surface area contributed by atoms with E-state index in [4.69, 9.17) is 28.5 Å². The molecule has 2 aromatic rings. The van der Waals surface area contributed by atoms with Gasteiger partial charge < -0.3 is 0 Å². The van der Waals surface area contributed by atoms with E-state index in [0.29, 0.717) is 0 Å². The third kappa shape index (κ3) is 11.2. The van der Waals surface area contributed by atoms with Crippen LogP contribution < -0.4 is 0 Å². The molecule has 2 rings (SSSR count). The van der Waals surface area contributed by atoms with Crippen LogP contribution in [0.4, 0.5) is 0 Å². The van der Waals surface area contributed by atoms with Crippen molar-refractivity contribution in [2.75, 3.05) is 5.34 Å². The van der Waals surface area contributed by atoms with Crippen LogP contribution in [0.1, 0.15) is 33.4 Å². The Morgan fingerprint density at radius 1 is 0.696 bits per heavy atom. The number of alkyl halides is 2. The molecular formula is C19H26Cl2O2. The maximum atomic E-state index is 8.20. The zero-order valence-corrected chi connectivity index (χ0v) is 16.0. The summed E-state index contributed by atoms with van der Waals surface area (Å²) in [5, 5.41) is 8.40. The van der Waals surface area contributed by atoms with Crippen molar-refractivity contribution < 1.29 is 10.1 Å². The molecule has 2 nitrogen and oxygen atoms in total. The third-order valence-corrected chi connectivity index (χ3v) is 2.88. The van der Waals surface area contributed by atoms with Crippen LogP contribution in [-0.2, 0) is 11.5 Å². The maximum Gasteiger partial charge on any atom is 0.107 e. The summed E-state index contributed by atoms with van der Waals surface area (Å²) in [4.78, 5) is 4.04. The molecule has 4 heteroatoms. The van der Waals surface area contributed by atoms with Crippen LogP contribution in [0.2, 0.25) is 0 Å². The largest absolute Gasteiger partial charge is 0.251 e. The SMILES string of the molecule is Cc1cc(C)cc(C)c1.Cc1cc(C)cc(COO)c1.ClCCl. The molecule has 0 saturated heterocycles. The van der Waals surface area contributed by atoms with Crippen LogP contribution in [0.5, 0.6) is 0 Å². The van der Waals surface area contributed by atoms with Gasteiger partial charge in [0, 0.05) is 0 Å². The molecule has 0 aliphatic carbocycles. The molecule has 0 fully saturated rings. The summed E-state index contributed by atoms with van der Waals surface area (Å²) >= 11 is 9.53. The van der Waals surface area contributed by atoms with E-state index >= 15 is 0 Å². The fourth-order valence-electron chi connectivity index (χ4n) is 2.43.